The van der Waals surface area contributed by atoms with Crippen molar-refractivity contribution in [1.29, 1.82) is 0 Å². The Labute approximate surface area is 129 Å². The number of H-pyrrole nitrogens is 1. The monoisotopic (exact) mass is 324 g/mol. The lowest BCUT2D eigenvalue weighted by atomic mass is 10.1. The summed E-state index contributed by atoms with van der Waals surface area (Å²) in [5.41, 5.74) is 1.75. The van der Waals surface area contributed by atoms with Gasteiger partial charge < -0.3 is 14.8 Å². The minimum atomic E-state index is -3.73. The van der Waals surface area contributed by atoms with E-state index >= 15 is 0 Å². The van der Waals surface area contributed by atoms with Gasteiger partial charge in [0, 0.05) is 0 Å². The Bertz CT molecular complexity index is 735. The molecule has 1 aromatic carbocycles. The van der Waals surface area contributed by atoms with Gasteiger partial charge in [-0.1, -0.05) is 0 Å². The SMILES string of the molecule is Cc1nnc(S(=O)(=O)CC(O)COc2c(C)c[c]cc2C)[nH]1. The lowest BCUT2D eigenvalue weighted by molar-refractivity contribution is 0.124. The highest BCUT2D eigenvalue weighted by molar-refractivity contribution is 7.91. The number of nitrogens with one attached hydrogen (secondary N) is 1. The largest absolute Gasteiger partial charge is 0.490 e. The van der Waals surface area contributed by atoms with Crippen LogP contribution >= 0.6 is 0 Å². The topological polar surface area (TPSA) is 105 Å². The molecule has 2 N–H and O–H groups in total. The maximum atomic E-state index is 12.0. The molecule has 2 aromatic rings. The van der Waals surface area contributed by atoms with Crippen LogP contribution in [0.25, 0.3) is 0 Å². The summed E-state index contributed by atoms with van der Waals surface area (Å²) in [5, 5.41) is 16.8. The summed E-state index contributed by atoms with van der Waals surface area (Å²) in [6.45, 7) is 5.19. The van der Waals surface area contributed by atoms with Crippen molar-refractivity contribution in [2.75, 3.05) is 12.4 Å². The zero-order valence-corrected chi connectivity index (χ0v) is 13.4. The Hall–Kier alpha value is -1.93. The van der Waals surface area contributed by atoms with E-state index in [0.717, 1.165) is 11.1 Å². The molecular formula is C14H18N3O4S. The second kappa shape index (κ2) is 6.45. The maximum absolute atomic E-state index is 12.0. The van der Waals surface area contributed by atoms with E-state index in [9.17, 15) is 13.5 Å². The van der Waals surface area contributed by atoms with Crippen molar-refractivity contribution >= 4 is 9.84 Å². The van der Waals surface area contributed by atoms with Gasteiger partial charge in [0.25, 0.3) is 0 Å². The fraction of sp³-hybridized carbons (Fsp3) is 0.429. The van der Waals surface area contributed by atoms with E-state index in [1.807, 2.05) is 13.8 Å². The molecule has 2 rings (SSSR count). The summed E-state index contributed by atoms with van der Waals surface area (Å²) < 4.78 is 29.6. The van der Waals surface area contributed by atoms with Gasteiger partial charge in [-0.05, 0) is 50.1 Å². The Morgan fingerprint density at radius 1 is 1.27 bits per heavy atom. The van der Waals surface area contributed by atoms with Crippen molar-refractivity contribution < 1.29 is 18.3 Å². The van der Waals surface area contributed by atoms with Crippen molar-refractivity contribution in [1.82, 2.24) is 15.2 Å². The molecule has 0 aliphatic rings. The molecule has 0 saturated heterocycles. The van der Waals surface area contributed by atoms with Gasteiger partial charge in [0.05, 0.1) is 5.75 Å². The quantitative estimate of drug-likeness (QED) is 0.812. The van der Waals surface area contributed by atoms with Gasteiger partial charge in [-0.15, -0.1) is 10.2 Å². The van der Waals surface area contributed by atoms with Gasteiger partial charge in [-0.2, -0.15) is 0 Å². The molecule has 22 heavy (non-hydrogen) atoms. The lowest BCUT2D eigenvalue weighted by Gasteiger charge is -2.15. The second-order valence-corrected chi connectivity index (χ2v) is 7.06. The molecule has 0 spiro atoms. The summed E-state index contributed by atoms with van der Waals surface area (Å²) in [5.74, 6) is 0.542. The van der Waals surface area contributed by atoms with Crippen LogP contribution in [-0.2, 0) is 9.84 Å². The van der Waals surface area contributed by atoms with Gasteiger partial charge >= 0.3 is 0 Å². The average Bonchev–Trinajstić information content (AvgIpc) is 2.85. The molecule has 1 aromatic heterocycles. The summed E-state index contributed by atoms with van der Waals surface area (Å²) in [6.07, 6.45) is -1.17. The van der Waals surface area contributed by atoms with Gasteiger partial charge in [0.1, 0.15) is 24.3 Å². The highest BCUT2D eigenvalue weighted by Crippen LogP contribution is 2.22. The highest BCUT2D eigenvalue weighted by Gasteiger charge is 2.24. The van der Waals surface area contributed by atoms with Crippen LogP contribution in [0, 0.1) is 26.8 Å². The molecular weight excluding hydrogens is 306 g/mol. The average molecular weight is 324 g/mol. The first-order chi connectivity index (χ1) is 10.3. The number of ether oxygens (including phenoxy) is 1. The van der Waals surface area contributed by atoms with Crippen LogP contribution in [0.15, 0.2) is 17.3 Å². The van der Waals surface area contributed by atoms with Crippen LogP contribution in [0.4, 0.5) is 0 Å². The van der Waals surface area contributed by atoms with E-state index in [2.05, 4.69) is 21.2 Å². The van der Waals surface area contributed by atoms with Crippen molar-refractivity contribution in [3.8, 4) is 5.75 Å². The van der Waals surface area contributed by atoms with Crippen LogP contribution in [0.1, 0.15) is 17.0 Å². The number of hydrogen-bond acceptors (Lipinski definition) is 6. The molecule has 1 atom stereocenters. The van der Waals surface area contributed by atoms with E-state index < -0.39 is 21.7 Å². The first-order valence-corrected chi connectivity index (χ1v) is 8.35. The van der Waals surface area contributed by atoms with Gasteiger partial charge in [0.15, 0.2) is 0 Å². The molecule has 119 valence electrons. The number of aliphatic hydroxyl groups excluding tert-OH is 1. The Morgan fingerprint density at radius 2 is 1.91 bits per heavy atom. The molecule has 0 aliphatic heterocycles. The number of rotatable bonds is 6. The molecule has 7 nitrogen and oxygen atoms in total. The van der Waals surface area contributed by atoms with Crippen molar-refractivity contribution in [2.45, 2.75) is 32.0 Å². The molecule has 0 aliphatic carbocycles. The van der Waals surface area contributed by atoms with Crippen LogP contribution in [-0.4, -0.2) is 47.2 Å². The first-order valence-electron chi connectivity index (χ1n) is 6.70. The van der Waals surface area contributed by atoms with E-state index in [1.54, 1.807) is 19.1 Å². The van der Waals surface area contributed by atoms with Crippen LogP contribution in [0.2, 0.25) is 0 Å². The van der Waals surface area contributed by atoms with Crippen molar-refractivity contribution in [2.24, 2.45) is 0 Å². The molecule has 8 heteroatoms. The fourth-order valence-electron chi connectivity index (χ4n) is 1.99. The molecule has 0 saturated carbocycles. The van der Waals surface area contributed by atoms with Crippen LogP contribution < -0.4 is 4.74 Å². The minimum absolute atomic E-state index is 0.127. The summed E-state index contributed by atoms with van der Waals surface area (Å²) in [7, 11) is -3.73. The third kappa shape index (κ3) is 3.83. The van der Waals surface area contributed by atoms with E-state index in [-0.39, 0.29) is 11.8 Å². The summed E-state index contributed by atoms with van der Waals surface area (Å²) in [6, 6.07) is 6.49. The van der Waals surface area contributed by atoms with E-state index in [1.165, 1.54) is 0 Å². The lowest BCUT2D eigenvalue weighted by Crippen LogP contribution is -2.28. The molecule has 0 amide bonds. The summed E-state index contributed by atoms with van der Waals surface area (Å²) in [4.78, 5) is 2.55. The number of aryl methyl sites for hydroxylation is 3. The molecule has 0 fully saturated rings. The zero-order chi connectivity index (χ0) is 16.3. The van der Waals surface area contributed by atoms with Gasteiger partial charge in [0.2, 0.25) is 15.0 Å². The number of aromatic amines is 1. The molecule has 1 radical (unpaired) electrons. The molecule has 1 unspecified atom stereocenters. The number of nitrogens with zero attached hydrogens (tertiary/aromatic N) is 2. The first kappa shape index (κ1) is 16.4. The highest BCUT2D eigenvalue weighted by atomic mass is 32.2. The van der Waals surface area contributed by atoms with Crippen molar-refractivity contribution in [3.05, 3.63) is 35.2 Å². The zero-order valence-electron chi connectivity index (χ0n) is 12.6. The van der Waals surface area contributed by atoms with E-state index in [0.29, 0.717) is 11.6 Å². The molecule has 0 bridgehead atoms. The Balaban J connectivity index is 2.00. The van der Waals surface area contributed by atoms with Gasteiger partial charge in [-0.25, -0.2) is 8.42 Å². The Morgan fingerprint density at radius 3 is 2.45 bits per heavy atom. The van der Waals surface area contributed by atoms with Crippen LogP contribution in [0.3, 0.4) is 0 Å². The summed E-state index contributed by atoms with van der Waals surface area (Å²) >= 11 is 0. The van der Waals surface area contributed by atoms with Gasteiger partial charge in [-0.3, -0.25) is 0 Å². The smallest absolute Gasteiger partial charge is 0.247 e. The Kier molecular flexibility index (Phi) is 4.82. The number of aliphatic hydroxyl groups is 1. The standard InChI is InChI=1S/C14H18N3O4S/c1-9-5-4-6-10(2)13(9)21-7-12(18)8-22(19,20)14-15-11(3)16-17-14/h5-6,12,18H,7-8H2,1-3H3,(H,15,16,17). The number of aromatic nitrogens is 3. The fourth-order valence-corrected chi connectivity index (χ4v) is 3.22. The number of benzene rings is 1. The third-order valence-corrected chi connectivity index (χ3v) is 4.62. The van der Waals surface area contributed by atoms with Crippen LogP contribution in [0.5, 0.6) is 5.75 Å². The third-order valence-electron chi connectivity index (χ3n) is 3.02. The maximum Gasteiger partial charge on any atom is 0.247 e. The normalized spacial score (nSPS) is 13.1. The second-order valence-electron chi connectivity index (χ2n) is 5.11. The minimum Gasteiger partial charge on any atom is -0.490 e. The van der Waals surface area contributed by atoms with Crippen molar-refractivity contribution in [3.63, 3.8) is 0 Å². The molecule has 1 heterocycles. The van der Waals surface area contributed by atoms with E-state index in [4.69, 9.17) is 4.74 Å². The number of hydrogen-bond donors (Lipinski definition) is 2. The number of sulfone groups is 1. The predicted molar refractivity (Wildman–Crippen MR) is 79.4 cm³/mol. The predicted octanol–water partition coefficient (Wildman–Crippen LogP) is 0.744.